The predicted molar refractivity (Wildman–Crippen MR) is 127 cm³/mol. The van der Waals surface area contributed by atoms with E-state index in [0.717, 1.165) is 31.6 Å². The monoisotopic (exact) mass is 502 g/mol. The van der Waals surface area contributed by atoms with E-state index in [1.807, 2.05) is 67.9 Å². The number of anilines is 1. The largest absolute Gasteiger partial charge is 0.282 e. The minimum atomic E-state index is -0.0966. The van der Waals surface area contributed by atoms with Crippen molar-refractivity contribution in [3.8, 4) is 0 Å². The molecular formula is C22H20BrClN4OS. The number of hydrogen-bond acceptors (Lipinski definition) is 4. The Bertz CT molecular complexity index is 1250. The summed E-state index contributed by atoms with van der Waals surface area (Å²) >= 11 is 11.2. The van der Waals surface area contributed by atoms with E-state index in [0.29, 0.717) is 28.8 Å². The van der Waals surface area contributed by atoms with Crippen LogP contribution in [0.25, 0.3) is 10.2 Å². The number of rotatable bonds is 5. The molecule has 0 unspecified atom stereocenters. The van der Waals surface area contributed by atoms with Crippen LogP contribution in [0.3, 0.4) is 0 Å². The van der Waals surface area contributed by atoms with Crippen LogP contribution < -0.4 is 4.90 Å². The number of fused-ring (bicyclic) bond motifs is 1. The van der Waals surface area contributed by atoms with Gasteiger partial charge in [0.2, 0.25) is 0 Å². The maximum absolute atomic E-state index is 13.5. The highest BCUT2D eigenvalue weighted by molar-refractivity contribution is 9.10. The molecule has 1 amide bonds. The summed E-state index contributed by atoms with van der Waals surface area (Å²) in [5, 5.41) is 5.85. The van der Waals surface area contributed by atoms with Gasteiger partial charge in [-0.2, -0.15) is 5.10 Å². The second-order valence-electron chi connectivity index (χ2n) is 7.18. The SMILES string of the molecule is Cc1cc(C)n(CCN(C(=O)c2cccc(Br)c2)c2nc3c(C)cc(Cl)cc3s2)n1. The lowest BCUT2D eigenvalue weighted by molar-refractivity contribution is 0.0985. The van der Waals surface area contributed by atoms with Gasteiger partial charge in [0.1, 0.15) is 0 Å². The van der Waals surface area contributed by atoms with Crippen LogP contribution in [0.15, 0.2) is 46.9 Å². The van der Waals surface area contributed by atoms with Crippen LogP contribution in [0.5, 0.6) is 0 Å². The Hall–Kier alpha value is -2.22. The Morgan fingerprint density at radius 3 is 2.70 bits per heavy atom. The summed E-state index contributed by atoms with van der Waals surface area (Å²) in [7, 11) is 0. The van der Waals surface area contributed by atoms with Gasteiger partial charge in [-0.1, -0.05) is 44.9 Å². The van der Waals surface area contributed by atoms with Gasteiger partial charge in [0.05, 0.1) is 22.5 Å². The first-order chi connectivity index (χ1) is 14.3. The van der Waals surface area contributed by atoms with Crippen LogP contribution >= 0.6 is 38.9 Å². The Labute approximate surface area is 192 Å². The van der Waals surface area contributed by atoms with Gasteiger partial charge >= 0.3 is 0 Å². The molecule has 154 valence electrons. The van der Waals surface area contributed by atoms with Crippen LogP contribution in [0.4, 0.5) is 5.13 Å². The molecule has 0 aliphatic rings. The standard InChI is InChI=1S/C22H20BrClN4OS/c1-13-9-18(24)12-19-20(13)25-22(30-19)27(7-8-28-15(3)10-14(2)26-28)21(29)16-5-4-6-17(23)11-16/h4-6,9-12H,7-8H2,1-3H3. The smallest absolute Gasteiger partial charge is 0.260 e. The maximum Gasteiger partial charge on any atom is 0.260 e. The summed E-state index contributed by atoms with van der Waals surface area (Å²) in [6.07, 6.45) is 0. The van der Waals surface area contributed by atoms with Crippen LogP contribution in [0.2, 0.25) is 5.02 Å². The predicted octanol–water partition coefficient (Wildman–Crippen LogP) is 6.18. The summed E-state index contributed by atoms with van der Waals surface area (Å²) in [5.74, 6) is -0.0966. The highest BCUT2D eigenvalue weighted by Gasteiger charge is 2.22. The minimum absolute atomic E-state index is 0.0966. The maximum atomic E-state index is 13.5. The van der Waals surface area contributed by atoms with Gasteiger partial charge in [0.25, 0.3) is 5.91 Å². The third-order valence-corrected chi connectivity index (χ3v) is 6.56. The van der Waals surface area contributed by atoms with Crippen molar-refractivity contribution < 1.29 is 4.79 Å². The third-order valence-electron chi connectivity index (χ3n) is 4.83. The Kier molecular flexibility index (Phi) is 5.95. The van der Waals surface area contributed by atoms with Crippen LogP contribution in [-0.2, 0) is 6.54 Å². The quantitative estimate of drug-likeness (QED) is 0.327. The van der Waals surface area contributed by atoms with Crippen LogP contribution in [-0.4, -0.2) is 27.2 Å². The van der Waals surface area contributed by atoms with Gasteiger partial charge in [-0.05, 0) is 62.7 Å². The van der Waals surface area contributed by atoms with E-state index in [1.54, 1.807) is 4.90 Å². The van der Waals surface area contributed by atoms with E-state index < -0.39 is 0 Å². The molecule has 2 aromatic heterocycles. The van der Waals surface area contributed by atoms with Crippen LogP contribution in [0, 0.1) is 20.8 Å². The number of carbonyl (C=O) groups is 1. The molecule has 0 aliphatic heterocycles. The summed E-state index contributed by atoms with van der Waals surface area (Å²) in [6, 6.07) is 13.2. The Balaban J connectivity index is 1.73. The van der Waals surface area contributed by atoms with Gasteiger partial charge in [-0.3, -0.25) is 14.4 Å². The molecule has 8 heteroatoms. The number of aromatic nitrogens is 3. The van der Waals surface area contributed by atoms with Gasteiger partial charge in [0, 0.05) is 27.3 Å². The molecule has 2 heterocycles. The molecule has 0 fully saturated rings. The summed E-state index contributed by atoms with van der Waals surface area (Å²) < 4.78 is 3.75. The minimum Gasteiger partial charge on any atom is -0.282 e. The van der Waals surface area contributed by atoms with E-state index in [4.69, 9.17) is 16.6 Å². The van der Waals surface area contributed by atoms with E-state index in [-0.39, 0.29) is 5.91 Å². The molecule has 0 bridgehead atoms. The number of aryl methyl sites for hydroxylation is 3. The van der Waals surface area contributed by atoms with Crippen molar-refractivity contribution in [2.45, 2.75) is 27.3 Å². The zero-order valence-electron chi connectivity index (χ0n) is 16.8. The second kappa shape index (κ2) is 8.49. The van der Waals surface area contributed by atoms with Crippen molar-refractivity contribution in [1.29, 1.82) is 0 Å². The summed E-state index contributed by atoms with van der Waals surface area (Å²) in [6.45, 7) is 7.00. The molecule has 4 aromatic rings. The number of carbonyl (C=O) groups excluding carboxylic acids is 1. The molecule has 0 saturated carbocycles. The lowest BCUT2D eigenvalue weighted by Crippen LogP contribution is -2.34. The normalized spacial score (nSPS) is 11.2. The van der Waals surface area contributed by atoms with Crippen molar-refractivity contribution in [1.82, 2.24) is 14.8 Å². The first-order valence-electron chi connectivity index (χ1n) is 9.47. The average Bonchev–Trinajstić information content (AvgIpc) is 3.24. The molecule has 4 rings (SSSR count). The molecule has 30 heavy (non-hydrogen) atoms. The van der Waals surface area contributed by atoms with E-state index in [2.05, 4.69) is 21.0 Å². The lowest BCUT2D eigenvalue weighted by Gasteiger charge is -2.20. The van der Waals surface area contributed by atoms with Gasteiger partial charge < -0.3 is 0 Å². The fourth-order valence-electron chi connectivity index (χ4n) is 3.42. The van der Waals surface area contributed by atoms with E-state index in [1.165, 1.54) is 11.3 Å². The summed E-state index contributed by atoms with van der Waals surface area (Å²) in [5.41, 5.74) is 4.50. The van der Waals surface area contributed by atoms with Crippen molar-refractivity contribution in [2.24, 2.45) is 0 Å². The number of hydrogen-bond donors (Lipinski definition) is 0. The van der Waals surface area contributed by atoms with Gasteiger partial charge in [-0.15, -0.1) is 0 Å². The first-order valence-corrected chi connectivity index (χ1v) is 11.5. The van der Waals surface area contributed by atoms with E-state index in [9.17, 15) is 4.79 Å². The number of nitrogens with zero attached hydrogens (tertiary/aromatic N) is 4. The first kappa shape index (κ1) is 21.0. The molecule has 0 spiro atoms. The fourth-order valence-corrected chi connectivity index (χ4v) is 5.26. The van der Waals surface area contributed by atoms with Crippen molar-refractivity contribution in [2.75, 3.05) is 11.4 Å². The third kappa shape index (κ3) is 4.29. The molecule has 2 aromatic carbocycles. The number of halogens is 2. The molecular weight excluding hydrogens is 484 g/mol. The lowest BCUT2D eigenvalue weighted by atomic mass is 10.2. The van der Waals surface area contributed by atoms with Crippen molar-refractivity contribution in [3.05, 3.63) is 74.5 Å². The molecule has 0 aliphatic carbocycles. The Morgan fingerprint density at radius 1 is 1.20 bits per heavy atom. The highest BCUT2D eigenvalue weighted by atomic mass is 79.9. The van der Waals surface area contributed by atoms with Gasteiger partial charge in [0.15, 0.2) is 5.13 Å². The second-order valence-corrected chi connectivity index (χ2v) is 9.54. The van der Waals surface area contributed by atoms with E-state index >= 15 is 0 Å². The zero-order chi connectivity index (χ0) is 21.4. The highest BCUT2D eigenvalue weighted by Crippen LogP contribution is 2.33. The van der Waals surface area contributed by atoms with Crippen molar-refractivity contribution in [3.63, 3.8) is 0 Å². The molecule has 0 radical (unpaired) electrons. The fraction of sp³-hybridized carbons (Fsp3) is 0.227. The molecule has 0 atom stereocenters. The average molecular weight is 504 g/mol. The number of thiazole rings is 1. The van der Waals surface area contributed by atoms with Crippen molar-refractivity contribution >= 4 is 60.1 Å². The van der Waals surface area contributed by atoms with Gasteiger partial charge in [-0.25, -0.2) is 4.98 Å². The zero-order valence-corrected chi connectivity index (χ0v) is 20.0. The van der Waals surface area contributed by atoms with Crippen LogP contribution in [0.1, 0.15) is 27.3 Å². The Morgan fingerprint density at radius 2 is 2.00 bits per heavy atom. The molecule has 0 N–H and O–H groups in total. The topological polar surface area (TPSA) is 51.0 Å². The molecule has 5 nitrogen and oxygen atoms in total. The number of amides is 1. The molecule has 0 saturated heterocycles. The number of benzene rings is 2. The summed E-state index contributed by atoms with van der Waals surface area (Å²) in [4.78, 5) is 20.0.